The van der Waals surface area contributed by atoms with Gasteiger partial charge in [0, 0.05) is 10.2 Å². The molecule has 2 N–H and O–H groups in total. The van der Waals surface area contributed by atoms with Crippen LogP contribution in [0.15, 0.2) is 108 Å². The first-order valence-electron chi connectivity index (χ1n) is 11.1. The van der Waals surface area contributed by atoms with Crippen LogP contribution in [0.5, 0.6) is 5.75 Å². The Balaban J connectivity index is 1.44. The van der Waals surface area contributed by atoms with E-state index in [0.29, 0.717) is 29.2 Å². The third-order valence-corrected chi connectivity index (χ3v) is 6.18. The number of rotatable bonds is 6. The second-order valence-electron chi connectivity index (χ2n) is 8.03. The fourth-order valence-electron chi connectivity index (χ4n) is 3.95. The maximum atomic E-state index is 13.5. The van der Waals surface area contributed by atoms with Crippen molar-refractivity contribution in [3.05, 3.63) is 130 Å². The number of amides is 2. The topological polar surface area (TPSA) is 70.7 Å². The molecule has 35 heavy (non-hydrogen) atoms. The second kappa shape index (κ2) is 10.0. The van der Waals surface area contributed by atoms with Crippen molar-refractivity contribution in [2.45, 2.75) is 12.8 Å². The van der Waals surface area contributed by atoms with Crippen LogP contribution in [0.4, 0.5) is 5.69 Å². The predicted octanol–water partition coefficient (Wildman–Crippen LogP) is 5.94. The van der Waals surface area contributed by atoms with E-state index < -0.39 is 12.1 Å². The highest BCUT2D eigenvalue weighted by atomic mass is 79.9. The van der Waals surface area contributed by atoms with E-state index in [4.69, 9.17) is 4.74 Å². The number of carbonyl (C=O) groups is 2. The molecule has 4 aromatic carbocycles. The first-order chi connectivity index (χ1) is 17.1. The summed E-state index contributed by atoms with van der Waals surface area (Å²) in [5.74, 6) is -0.321. The van der Waals surface area contributed by atoms with Gasteiger partial charge < -0.3 is 10.1 Å². The molecule has 0 saturated carbocycles. The van der Waals surface area contributed by atoms with Crippen LogP contribution in [0.2, 0.25) is 0 Å². The second-order valence-corrected chi connectivity index (χ2v) is 8.95. The Labute approximate surface area is 211 Å². The number of anilines is 1. The van der Waals surface area contributed by atoms with E-state index in [1.807, 2.05) is 78.9 Å². The molecule has 0 spiro atoms. The van der Waals surface area contributed by atoms with Gasteiger partial charge >= 0.3 is 0 Å². The normalized spacial score (nSPS) is 14.6. The third-order valence-electron chi connectivity index (χ3n) is 5.69. The van der Waals surface area contributed by atoms with Gasteiger partial charge in [0.2, 0.25) is 0 Å². The van der Waals surface area contributed by atoms with Gasteiger partial charge in [-0.1, -0.05) is 88.7 Å². The zero-order valence-electron chi connectivity index (χ0n) is 18.6. The molecule has 6 nitrogen and oxygen atoms in total. The van der Waals surface area contributed by atoms with Crippen LogP contribution in [0.3, 0.4) is 0 Å². The minimum atomic E-state index is -0.585. The van der Waals surface area contributed by atoms with E-state index in [1.54, 1.807) is 24.3 Å². The van der Waals surface area contributed by atoms with Gasteiger partial charge in [0.25, 0.3) is 11.8 Å². The zero-order chi connectivity index (χ0) is 24.2. The molecule has 7 heteroatoms. The largest absolute Gasteiger partial charge is 0.488 e. The lowest BCUT2D eigenvalue weighted by Gasteiger charge is -2.38. The molecule has 1 heterocycles. The van der Waals surface area contributed by atoms with E-state index in [1.165, 1.54) is 5.01 Å². The molecule has 0 unspecified atom stereocenters. The molecule has 1 aliphatic heterocycles. The fourth-order valence-corrected chi connectivity index (χ4v) is 4.31. The van der Waals surface area contributed by atoms with Crippen molar-refractivity contribution in [3.8, 4) is 5.75 Å². The van der Waals surface area contributed by atoms with Crippen LogP contribution >= 0.6 is 15.9 Å². The van der Waals surface area contributed by atoms with E-state index >= 15 is 0 Å². The number of ether oxygens (including phenoxy) is 1. The molecule has 0 bridgehead atoms. The van der Waals surface area contributed by atoms with Gasteiger partial charge in [-0.3, -0.25) is 15.0 Å². The van der Waals surface area contributed by atoms with Crippen molar-refractivity contribution in [3.63, 3.8) is 0 Å². The van der Waals surface area contributed by atoms with Crippen molar-refractivity contribution in [1.29, 1.82) is 0 Å². The number of para-hydroxylation sites is 1. The SMILES string of the molecule is O=C(NN1C(=O)c2cc(Br)ccc2N[C@@H]1c1ccccc1)c1ccccc1OCc1ccccc1. The summed E-state index contributed by atoms with van der Waals surface area (Å²) < 4.78 is 6.73. The maximum absolute atomic E-state index is 13.5. The van der Waals surface area contributed by atoms with Crippen molar-refractivity contribution in [2.24, 2.45) is 0 Å². The summed E-state index contributed by atoms with van der Waals surface area (Å²) in [6.07, 6.45) is -0.585. The lowest BCUT2D eigenvalue weighted by atomic mass is 10.0. The predicted molar refractivity (Wildman–Crippen MR) is 138 cm³/mol. The molecule has 1 atom stereocenters. The summed E-state index contributed by atoms with van der Waals surface area (Å²) in [7, 11) is 0. The smallest absolute Gasteiger partial charge is 0.276 e. The highest BCUT2D eigenvalue weighted by Gasteiger charge is 2.35. The number of benzene rings is 4. The maximum Gasteiger partial charge on any atom is 0.276 e. The molecule has 0 saturated heterocycles. The highest BCUT2D eigenvalue weighted by Crippen LogP contribution is 2.34. The number of hydrogen-bond acceptors (Lipinski definition) is 4. The minimum Gasteiger partial charge on any atom is -0.488 e. The Morgan fingerprint density at radius 3 is 2.37 bits per heavy atom. The quantitative estimate of drug-likeness (QED) is 0.325. The minimum absolute atomic E-state index is 0.315. The lowest BCUT2D eigenvalue weighted by molar-refractivity contribution is 0.0489. The van der Waals surface area contributed by atoms with Crippen LogP contribution in [0, 0.1) is 0 Å². The molecule has 0 radical (unpaired) electrons. The summed E-state index contributed by atoms with van der Waals surface area (Å²) in [6.45, 7) is 0.323. The molecule has 2 amide bonds. The molecular weight excluding hydrogens is 506 g/mol. The Morgan fingerprint density at radius 2 is 1.60 bits per heavy atom. The van der Waals surface area contributed by atoms with Gasteiger partial charge in [-0.2, -0.15) is 0 Å². The van der Waals surface area contributed by atoms with Crippen molar-refractivity contribution >= 4 is 33.4 Å². The molecule has 1 aliphatic rings. The summed E-state index contributed by atoms with van der Waals surface area (Å²) in [6, 6.07) is 31.7. The zero-order valence-corrected chi connectivity index (χ0v) is 20.2. The van der Waals surface area contributed by atoms with E-state index in [-0.39, 0.29) is 5.91 Å². The molecule has 0 aliphatic carbocycles. The molecule has 0 aromatic heterocycles. The van der Waals surface area contributed by atoms with Gasteiger partial charge in [-0.15, -0.1) is 0 Å². The Bertz CT molecular complexity index is 1360. The fraction of sp³-hybridized carbons (Fsp3) is 0.0714. The first-order valence-corrected chi connectivity index (χ1v) is 11.9. The standard InChI is InChI=1S/C28H22BrN3O3/c29-21-15-16-24-23(17-21)28(34)32(26(30-24)20-11-5-2-6-12-20)31-27(33)22-13-7-8-14-25(22)35-18-19-9-3-1-4-10-19/h1-17,26,30H,18H2,(H,31,33)/t26-/m0/s1. The van der Waals surface area contributed by atoms with E-state index in [0.717, 1.165) is 15.6 Å². The summed E-state index contributed by atoms with van der Waals surface area (Å²) >= 11 is 3.43. The highest BCUT2D eigenvalue weighted by molar-refractivity contribution is 9.10. The van der Waals surface area contributed by atoms with Crippen LogP contribution < -0.4 is 15.5 Å². The monoisotopic (exact) mass is 527 g/mol. The van der Waals surface area contributed by atoms with Gasteiger partial charge in [-0.25, -0.2) is 5.01 Å². The summed E-state index contributed by atoms with van der Waals surface area (Å²) in [5.41, 5.74) is 6.14. The van der Waals surface area contributed by atoms with Crippen molar-refractivity contribution in [2.75, 3.05) is 5.32 Å². The molecular formula is C28H22BrN3O3. The molecule has 5 rings (SSSR count). The number of hydrogen-bond donors (Lipinski definition) is 2. The number of carbonyl (C=O) groups excluding carboxylic acids is 2. The lowest BCUT2D eigenvalue weighted by Crippen LogP contribution is -2.52. The van der Waals surface area contributed by atoms with Crippen LogP contribution in [0.1, 0.15) is 38.0 Å². The average molecular weight is 528 g/mol. The van der Waals surface area contributed by atoms with Crippen molar-refractivity contribution < 1.29 is 14.3 Å². The average Bonchev–Trinajstić information content (AvgIpc) is 2.90. The molecule has 174 valence electrons. The van der Waals surface area contributed by atoms with Gasteiger partial charge in [-0.05, 0) is 41.5 Å². The van der Waals surface area contributed by atoms with Gasteiger partial charge in [0.15, 0.2) is 0 Å². The Kier molecular flexibility index (Phi) is 6.50. The van der Waals surface area contributed by atoms with Crippen LogP contribution in [-0.4, -0.2) is 16.8 Å². The summed E-state index contributed by atoms with van der Waals surface area (Å²) in [5, 5.41) is 4.71. The number of nitrogens with zero attached hydrogens (tertiary/aromatic N) is 1. The van der Waals surface area contributed by atoms with E-state index in [9.17, 15) is 9.59 Å². The van der Waals surface area contributed by atoms with Crippen LogP contribution in [-0.2, 0) is 6.61 Å². The number of halogens is 1. The summed E-state index contributed by atoms with van der Waals surface area (Å²) in [4.78, 5) is 27.0. The molecule has 0 fully saturated rings. The first kappa shape index (κ1) is 22.7. The number of nitrogens with one attached hydrogen (secondary N) is 2. The Morgan fingerprint density at radius 1 is 0.914 bits per heavy atom. The van der Waals surface area contributed by atoms with Crippen molar-refractivity contribution in [1.82, 2.24) is 10.4 Å². The number of fused-ring (bicyclic) bond motifs is 1. The van der Waals surface area contributed by atoms with Crippen LogP contribution in [0.25, 0.3) is 0 Å². The Hall–Kier alpha value is -4.10. The van der Waals surface area contributed by atoms with Gasteiger partial charge in [0.1, 0.15) is 18.5 Å². The third kappa shape index (κ3) is 4.90. The van der Waals surface area contributed by atoms with Gasteiger partial charge in [0.05, 0.1) is 11.1 Å². The number of hydrazine groups is 1. The molecule has 4 aromatic rings. The van der Waals surface area contributed by atoms with E-state index in [2.05, 4.69) is 26.7 Å².